The molecule has 1 unspecified atom stereocenters. The van der Waals surface area contributed by atoms with Gasteiger partial charge in [0.1, 0.15) is 0 Å². The van der Waals surface area contributed by atoms with Crippen LogP contribution in [0.25, 0.3) is 0 Å². The number of carbonyl (C=O) groups is 1. The van der Waals surface area contributed by atoms with Crippen LogP contribution in [0.3, 0.4) is 0 Å². The number of rotatable bonds is 5. The van der Waals surface area contributed by atoms with Crippen molar-refractivity contribution in [3.8, 4) is 0 Å². The predicted octanol–water partition coefficient (Wildman–Crippen LogP) is 0.231. The highest BCUT2D eigenvalue weighted by molar-refractivity contribution is 5.75. The minimum absolute atomic E-state index is 0.123. The summed E-state index contributed by atoms with van der Waals surface area (Å²) in [7, 11) is 0. The first kappa shape index (κ1) is 14.8. The zero-order valence-electron chi connectivity index (χ0n) is 11.3. The Morgan fingerprint density at radius 2 is 1.83 bits per heavy atom. The first-order valence-electron chi connectivity index (χ1n) is 6.69. The molecule has 18 heavy (non-hydrogen) atoms. The highest BCUT2D eigenvalue weighted by Crippen LogP contribution is 2.33. The first-order valence-corrected chi connectivity index (χ1v) is 6.69. The third-order valence-corrected chi connectivity index (χ3v) is 3.68. The molecular formula is C13H24N3O2-. The number of guanidine groups is 1. The molecule has 0 bridgehead atoms. The summed E-state index contributed by atoms with van der Waals surface area (Å²) in [6.45, 7) is 4.28. The molecule has 104 valence electrons. The summed E-state index contributed by atoms with van der Waals surface area (Å²) in [4.78, 5) is 15.1. The lowest BCUT2D eigenvalue weighted by atomic mass is 9.77. The van der Waals surface area contributed by atoms with E-state index in [-0.39, 0.29) is 17.9 Å². The normalized spacial score (nSPS) is 25.7. The van der Waals surface area contributed by atoms with E-state index in [1.54, 1.807) is 0 Å². The van der Waals surface area contributed by atoms with Gasteiger partial charge in [-0.1, -0.05) is 13.8 Å². The van der Waals surface area contributed by atoms with E-state index in [2.05, 4.69) is 18.8 Å². The molecule has 1 fully saturated rings. The number of hydrogen-bond donors (Lipinski definition) is 2. The van der Waals surface area contributed by atoms with Crippen molar-refractivity contribution in [2.45, 2.75) is 52.0 Å². The van der Waals surface area contributed by atoms with Gasteiger partial charge in [0, 0.05) is 5.97 Å². The van der Waals surface area contributed by atoms with Crippen LogP contribution in [-0.2, 0) is 4.79 Å². The van der Waals surface area contributed by atoms with Crippen molar-refractivity contribution in [1.82, 2.24) is 0 Å². The second kappa shape index (κ2) is 6.61. The zero-order chi connectivity index (χ0) is 13.7. The average Bonchev–Trinajstić information content (AvgIpc) is 2.27. The van der Waals surface area contributed by atoms with Crippen LogP contribution in [0.15, 0.2) is 4.99 Å². The Morgan fingerprint density at radius 1 is 1.28 bits per heavy atom. The first-order chi connectivity index (χ1) is 8.40. The maximum Gasteiger partial charge on any atom is 0.186 e. The molecule has 4 N–H and O–H groups in total. The number of carbonyl (C=O) groups excluding carboxylic acids is 1. The number of carboxylic acids is 1. The molecule has 0 amide bonds. The van der Waals surface area contributed by atoms with E-state index in [0.717, 1.165) is 19.3 Å². The van der Waals surface area contributed by atoms with E-state index in [9.17, 15) is 9.90 Å². The number of carboxylic acid groups (broad SMARTS) is 1. The largest absolute Gasteiger partial charge is 0.550 e. The van der Waals surface area contributed by atoms with Crippen molar-refractivity contribution in [2.24, 2.45) is 34.2 Å². The Morgan fingerprint density at radius 3 is 2.22 bits per heavy atom. The van der Waals surface area contributed by atoms with Crippen LogP contribution in [0.2, 0.25) is 0 Å². The van der Waals surface area contributed by atoms with Crippen LogP contribution in [0.4, 0.5) is 0 Å². The van der Waals surface area contributed by atoms with E-state index in [0.29, 0.717) is 24.7 Å². The minimum atomic E-state index is -0.921. The van der Waals surface area contributed by atoms with Crippen LogP contribution in [0, 0.1) is 17.8 Å². The van der Waals surface area contributed by atoms with E-state index in [1.807, 2.05) is 0 Å². The highest BCUT2D eigenvalue weighted by atomic mass is 16.4. The lowest BCUT2D eigenvalue weighted by Gasteiger charge is -2.33. The molecule has 1 saturated carbocycles. The second-order valence-corrected chi connectivity index (χ2v) is 5.68. The number of nitrogens with two attached hydrogens (primary N) is 2. The number of nitrogens with zero attached hydrogens (tertiary/aromatic N) is 1. The summed E-state index contributed by atoms with van der Waals surface area (Å²) >= 11 is 0. The smallest absolute Gasteiger partial charge is 0.186 e. The number of aliphatic carboxylic acids is 1. The minimum Gasteiger partial charge on any atom is -0.550 e. The Hall–Kier alpha value is -1.26. The maximum atomic E-state index is 10.8. The standard InChI is InChI=1S/C13H25N3O2/c1-8(2)7-11(16-13(14)15)9-3-5-10(6-4-9)12(17)18/h8-11H,3-7H2,1-2H3,(H,17,18)(H4,14,15,16)/p-1. The molecule has 0 aliphatic heterocycles. The van der Waals surface area contributed by atoms with Crippen LogP contribution in [0.1, 0.15) is 46.0 Å². The summed E-state index contributed by atoms with van der Waals surface area (Å²) in [5.74, 6) is -0.166. The van der Waals surface area contributed by atoms with Gasteiger partial charge in [-0.2, -0.15) is 0 Å². The van der Waals surface area contributed by atoms with Crippen LogP contribution in [0.5, 0.6) is 0 Å². The molecule has 1 rings (SSSR count). The van der Waals surface area contributed by atoms with Crippen molar-refractivity contribution in [2.75, 3.05) is 0 Å². The van der Waals surface area contributed by atoms with Gasteiger partial charge in [-0.25, -0.2) is 0 Å². The molecule has 0 heterocycles. The fourth-order valence-corrected chi connectivity index (χ4v) is 2.76. The van der Waals surface area contributed by atoms with Gasteiger partial charge in [-0.15, -0.1) is 0 Å². The zero-order valence-corrected chi connectivity index (χ0v) is 11.3. The third kappa shape index (κ3) is 4.55. The van der Waals surface area contributed by atoms with Crippen LogP contribution < -0.4 is 16.6 Å². The van der Waals surface area contributed by atoms with Gasteiger partial charge in [-0.05, 0) is 49.9 Å². The third-order valence-electron chi connectivity index (χ3n) is 3.68. The Bertz CT molecular complexity index is 303. The van der Waals surface area contributed by atoms with Crippen molar-refractivity contribution in [1.29, 1.82) is 0 Å². The predicted molar refractivity (Wildman–Crippen MR) is 69.5 cm³/mol. The fraction of sp³-hybridized carbons (Fsp3) is 0.846. The van der Waals surface area contributed by atoms with Crippen molar-refractivity contribution in [3.05, 3.63) is 0 Å². The molecule has 0 spiro atoms. The van der Waals surface area contributed by atoms with E-state index >= 15 is 0 Å². The van der Waals surface area contributed by atoms with Gasteiger partial charge >= 0.3 is 0 Å². The van der Waals surface area contributed by atoms with Gasteiger partial charge in [0.2, 0.25) is 0 Å². The lowest BCUT2D eigenvalue weighted by Crippen LogP contribution is -2.36. The lowest BCUT2D eigenvalue weighted by molar-refractivity contribution is -0.312. The Labute approximate surface area is 109 Å². The van der Waals surface area contributed by atoms with Gasteiger partial charge in [0.15, 0.2) is 5.96 Å². The summed E-state index contributed by atoms with van der Waals surface area (Å²) in [6, 6.07) is 0.123. The maximum absolute atomic E-state index is 10.8. The van der Waals surface area contributed by atoms with Crippen molar-refractivity contribution in [3.63, 3.8) is 0 Å². The number of hydrogen-bond acceptors (Lipinski definition) is 3. The number of aliphatic imine (C=N–C) groups is 1. The van der Waals surface area contributed by atoms with E-state index in [1.165, 1.54) is 0 Å². The molecule has 0 saturated heterocycles. The summed E-state index contributed by atoms with van der Waals surface area (Å²) in [5, 5.41) is 10.8. The van der Waals surface area contributed by atoms with Crippen LogP contribution >= 0.6 is 0 Å². The summed E-state index contributed by atoms with van der Waals surface area (Å²) < 4.78 is 0. The monoisotopic (exact) mass is 254 g/mol. The molecule has 5 nitrogen and oxygen atoms in total. The van der Waals surface area contributed by atoms with Crippen molar-refractivity contribution >= 4 is 11.9 Å². The van der Waals surface area contributed by atoms with Gasteiger partial charge in [-0.3, -0.25) is 4.99 Å². The molecule has 0 aromatic rings. The average molecular weight is 254 g/mol. The quantitative estimate of drug-likeness (QED) is 0.541. The van der Waals surface area contributed by atoms with E-state index < -0.39 is 5.97 Å². The van der Waals surface area contributed by atoms with Gasteiger partial charge in [0.25, 0.3) is 0 Å². The molecule has 5 heteroatoms. The SMILES string of the molecule is CC(C)CC(N=C(N)N)C1CCC(C(=O)[O-])CC1. The Kier molecular flexibility index (Phi) is 5.44. The Balaban J connectivity index is 2.60. The van der Waals surface area contributed by atoms with E-state index in [4.69, 9.17) is 11.5 Å². The molecular weight excluding hydrogens is 230 g/mol. The molecule has 0 aromatic heterocycles. The highest BCUT2D eigenvalue weighted by Gasteiger charge is 2.28. The van der Waals surface area contributed by atoms with Crippen molar-refractivity contribution < 1.29 is 9.90 Å². The fourth-order valence-electron chi connectivity index (χ4n) is 2.76. The summed E-state index contributed by atoms with van der Waals surface area (Å²) in [6.07, 6.45) is 4.04. The molecule has 1 aliphatic rings. The van der Waals surface area contributed by atoms with Gasteiger partial charge < -0.3 is 21.4 Å². The topological polar surface area (TPSA) is 105 Å². The van der Waals surface area contributed by atoms with Crippen LogP contribution in [-0.4, -0.2) is 18.0 Å². The molecule has 1 aliphatic carbocycles. The molecule has 0 aromatic carbocycles. The van der Waals surface area contributed by atoms with Gasteiger partial charge in [0.05, 0.1) is 6.04 Å². The molecule has 0 radical (unpaired) electrons. The summed E-state index contributed by atoms with van der Waals surface area (Å²) in [5.41, 5.74) is 10.9. The molecule has 1 atom stereocenters. The second-order valence-electron chi connectivity index (χ2n) is 5.68.